The van der Waals surface area contributed by atoms with Crippen molar-refractivity contribution < 1.29 is 17.9 Å². The minimum atomic E-state index is -3.26. The molecule has 0 aliphatic carbocycles. The van der Waals surface area contributed by atoms with E-state index in [1.54, 1.807) is 14.0 Å². The van der Waals surface area contributed by atoms with E-state index < -0.39 is 15.4 Å². The first-order valence-corrected chi connectivity index (χ1v) is 9.81. The second-order valence-electron chi connectivity index (χ2n) is 6.43. The molecule has 1 amide bonds. The maximum Gasteiger partial charge on any atom is 0.227 e. The Morgan fingerprint density at radius 1 is 1.33 bits per heavy atom. The van der Waals surface area contributed by atoms with Crippen LogP contribution in [0.5, 0.6) is 5.75 Å². The molecule has 6 nitrogen and oxygen atoms in total. The summed E-state index contributed by atoms with van der Waals surface area (Å²) in [5.74, 6) is 0.732. The highest BCUT2D eigenvalue weighted by atomic mass is 32.2. The van der Waals surface area contributed by atoms with Gasteiger partial charge in [-0.15, -0.1) is 0 Å². The molecular formula is C17H26N2O4S. The fourth-order valence-corrected chi connectivity index (χ4v) is 4.19. The Kier molecular flexibility index (Phi) is 5.87. The van der Waals surface area contributed by atoms with Gasteiger partial charge < -0.3 is 10.1 Å². The second kappa shape index (κ2) is 7.53. The molecule has 2 rings (SSSR count). The van der Waals surface area contributed by atoms with E-state index in [1.165, 1.54) is 4.31 Å². The molecule has 1 fully saturated rings. The van der Waals surface area contributed by atoms with Crippen LogP contribution in [-0.4, -0.2) is 44.6 Å². The van der Waals surface area contributed by atoms with Gasteiger partial charge in [0.15, 0.2) is 0 Å². The molecule has 0 saturated carbocycles. The number of piperidine rings is 1. The molecule has 0 spiro atoms. The van der Waals surface area contributed by atoms with Gasteiger partial charge in [-0.3, -0.25) is 4.79 Å². The van der Waals surface area contributed by atoms with Gasteiger partial charge in [-0.2, -0.15) is 0 Å². The van der Waals surface area contributed by atoms with E-state index in [1.807, 2.05) is 31.2 Å². The summed E-state index contributed by atoms with van der Waals surface area (Å²) in [5, 5.41) is 2.94. The van der Waals surface area contributed by atoms with Crippen LogP contribution in [-0.2, 0) is 21.4 Å². The molecule has 1 aromatic rings. The van der Waals surface area contributed by atoms with Gasteiger partial charge in [-0.25, -0.2) is 12.7 Å². The van der Waals surface area contributed by atoms with Crippen molar-refractivity contribution in [2.24, 2.45) is 5.41 Å². The molecule has 0 radical (unpaired) electrons. The smallest absolute Gasteiger partial charge is 0.227 e. The van der Waals surface area contributed by atoms with E-state index in [0.29, 0.717) is 25.9 Å². The summed E-state index contributed by atoms with van der Waals surface area (Å²) in [6.45, 7) is 4.63. The summed E-state index contributed by atoms with van der Waals surface area (Å²) in [6, 6.07) is 7.49. The first-order chi connectivity index (χ1) is 11.3. The largest absolute Gasteiger partial charge is 0.497 e. The van der Waals surface area contributed by atoms with Crippen LogP contribution in [0, 0.1) is 5.41 Å². The summed E-state index contributed by atoms with van der Waals surface area (Å²) >= 11 is 0. The molecule has 1 atom stereocenters. The monoisotopic (exact) mass is 354 g/mol. The van der Waals surface area contributed by atoms with Crippen LogP contribution in [0.2, 0.25) is 0 Å². The third-order valence-electron chi connectivity index (χ3n) is 4.58. The van der Waals surface area contributed by atoms with Crippen LogP contribution in [0.1, 0.15) is 32.3 Å². The summed E-state index contributed by atoms with van der Waals surface area (Å²) in [7, 11) is -1.65. The number of amides is 1. The van der Waals surface area contributed by atoms with E-state index in [-0.39, 0.29) is 18.2 Å². The number of hydrogen-bond acceptors (Lipinski definition) is 4. The molecule has 134 valence electrons. The summed E-state index contributed by atoms with van der Waals surface area (Å²) < 4.78 is 30.7. The Morgan fingerprint density at radius 2 is 2.00 bits per heavy atom. The van der Waals surface area contributed by atoms with Crippen molar-refractivity contribution in [3.8, 4) is 5.75 Å². The first-order valence-electron chi connectivity index (χ1n) is 8.20. The van der Waals surface area contributed by atoms with Gasteiger partial charge in [-0.05, 0) is 44.4 Å². The van der Waals surface area contributed by atoms with Crippen molar-refractivity contribution in [1.29, 1.82) is 0 Å². The molecular weight excluding hydrogens is 328 g/mol. The van der Waals surface area contributed by atoms with Gasteiger partial charge in [0.25, 0.3) is 0 Å². The average Bonchev–Trinajstić information content (AvgIpc) is 2.60. The Labute approximate surface area is 144 Å². The molecule has 24 heavy (non-hydrogen) atoms. The fourth-order valence-electron chi connectivity index (χ4n) is 2.94. The first kappa shape index (κ1) is 18.7. The zero-order valence-corrected chi connectivity index (χ0v) is 15.4. The van der Waals surface area contributed by atoms with Crippen LogP contribution in [0.3, 0.4) is 0 Å². The molecule has 0 aromatic heterocycles. The van der Waals surface area contributed by atoms with Gasteiger partial charge in [0.1, 0.15) is 5.75 Å². The molecule has 1 heterocycles. The number of carbonyl (C=O) groups is 1. The lowest BCUT2D eigenvalue weighted by Gasteiger charge is -2.38. The Balaban J connectivity index is 1.99. The standard InChI is InChI=1S/C17H26N2O4S/c1-4-24(21,22)19-11-5-10-17(2,13-19)16(20)18-12-14-6-8-15(23-3)9-7-14/h6-9H,4-5,10-13H2,1-3H3,(H,18,20). The minimum Gasteiger partial charge on any atom is -0.497 e. The molecule has 7 heteroatoms. The SMILES string of the molecule is CCS(=O)(=O)N1CCCC(C)(C(=O)NCc2ccc(OC)cc2)C1. The normalized spacial score (nSPS) is 22.1. The number of sulfonamides is 1. The van der Waals surface area contributed by atoms with Crippen molar-refractivity contribution in [3.05, 3.63) is 29.8 Å². The van der Waals surface area contributed by atoms with Crippen molar-refractivity contribution in [3.63, 3.8) is 0 Å². The highest BCUT2D eigenvalue weighted by molar-refractivity contribution is 7.89. The number of nitrogens with one attached hydrogen (secondary N) is 1. The third-order valence-corrected chi connectivity index (χ3v) is 6.41. The van der Waals surface area contributed by atoms with Crippen LogP contribution < -0.4 is 10.1 Å². The number of hydrogen-bond donors (Lipinski definition) is 1. The van der Waals surface area contributed by atoms with Gasteiger partial charge >= 0.3 is 0 Å². The number of benzene rings is 1. The summed E-state index contributed by atoms with van der Waals surface area (Å²) in [6.07, 6.45) is 1.39. The number of ether oxygens (including phenoxy) is 1. The molecule has 1 unspecified atom stereocenters. The highest BCUT2D eigenvalue weighted by Gasteiger charge is 2.40. The van der Waals surface area contributed by atoms with Gasteiger partial charge in [-0.1, -0.05) is 12.1 Å². The summed E-state index contributed by atoms with van der Waals surface area (Å²) in [5.41, 5.74) is 0.286. The van der Waals surface area contributed by atoms with Crippen LogP contribution >= 0.6 is 0 Å². The van der Waals surface area contributed by atoms with E-state index in [0.717, 1.165) is 11.3 Å². The van der Waals surface area contributed by atoms with E-state index in [2.05, 4.69) is 5.32 Å². The van der Waals surface area contributed by atoms with Crippen LogP contribution in [0.4, 0.5) is 0 Å². The lowest BCUT2D eigenvalue weighted by molar-refractivity contribution is -0.132. The predicted molar refractivity (Wildman–Crippen MR) is 93.2 cm³/mol. The quantitative estimate of drug-likeness (QED) is 0.845. The Morgan fingerprint density at radius 3 is 2.58 bits per heavy atom. The third kappa shape index (κ3) is 4.27. The topological polar surface area (TPSA) is 75.7 Å². The number of rotatable bonds is 6. The number of methoxy groups -OCH3 is 1. The van der Waals surface area contributed by atoms with Crippen molar-refractivity contribution in [2.75, 3.05) is 26.0 Å². The summed E-state index contributed by atoms with van der Waals surface area (Å²) in [4.78, 5) is 12.6. The van der Waals surface area contributed by atoms with E-state index in [9.17, 15) is 13.2 Å². The molecule has 1 saturated heterocycles. The maximum atomic E-state index is 12.6. The number of carbonyl (C=O) groups excluding carboxylic acids is 1. The van der Waals surface area contributed by atoms with Crippen LogP contribution in [0.25, 0.3) is 0 Å². The van der Waals surface area contributed by atoms with E-state index in [4.69, 9.17) is 4.74 Å². The lowest BCUT2D eigenvalue weighted by atomic mass is 9.82. The van der Waals surface area contributed by atoms with Crippen molar-refractivity contribution >= 4 is 15.9 Å². The zero-order chi connectivity index (χ0) is 17.8. The highest BCUT2D eigenvalue weighted by Crippen LogP contribution is 2.31. The van der Waals surface area contributed by atoms with E-state index >= 15 is 0 Å². The fraction of sp³-hybridized carbons (Fsp3) is 0.588. The molecule has 0 bridgehead atoms. The van der Waals surface area contributed by atoms with Gasteiger partial charge in [0.05, 0.1) is 18.3 Å². The molecule has 1 aliphatic heterocycles. The Hall–Kier alpha value is -1.60. The van der Waals surface area contributed by atoms with Gasteiger partial charge in [0.2, 0.25) is 15.9 Å². The maximum absolute atomic E-state index is 12.6. The van der Waals surface area contributed by atoms with Crippen molar-refractivity contribution in [1.82, 2.24) is 9.62 Å². The van der Waals surface area contributed by atoms with Crippen molar-refractivity contribution in [2.45, 2.75) is 33.2 Å². The molecule has 1 aromatic carbocycles. The average molecular weight is 354 g/mol. The zero-order valence-electron chi connectivity index (χ0n) is 14.5. The van der Waals surface area contributed by atoms with Gasteiger partial charge in [0, 0.05) is 19.6 Å². The van der Waals surface area contributed by atoms with Crippen LogP contribution in [0.15, 0.2) is 24.3 Å². The minimum absolute atomic E-state index is 0.0660. The Bertz CT molecular complexity index is 672. The number of nitrogens with zero attached hydrogens (tertiary/aromatic N) is 1. The second-order valence-corrected chi connectivity index (χ2v) is 8.69. The predicted octanol–water partition coefficient (Wildman–Crippen LogP) is 1.76. The molecule has 1 aliphatic rings. The molecule has 1 N–H and O–H groups in total. The lowest BCUT2D eigenvalue weighted by Crippen LogP contribution is -2.52.